The van der Waals surface area contributed by atoms with Crippen molar-refractivity contribution in [3.8, 4) is 0 Å². The number of hydrogen-bond acceptors (Lipinski definition) is 1. The molecule has 1 heterocycles. The molecule has 98 valence electrons. The van der Waals surface area contributed by atoms with Crippen molar-refractivity contribution in [2.75, 3.05) is 0 Å². The number of hydrogen-bond donors (Lipinski definition) is 1. The van der Waals surface area contributed by atoms with Gasteiger partial charge in [0, 0.05) is 5.92 Å². The van der Waals surface area contributed by atoms with Gasteiger partial charge in [-0.25, -0.2) is 4.98 Å². The quantitative estimate of drug-likeness (QED) is 0.838. The van der Waals surface area contributed by atoms with Crippen molar-refractivity contribution in [2.45, 2.75) is 54.4 Å². The third-order valence-electron chi connectivity index (χ3n) is 1.88. The first-order valence-corrected chi connectivity index (χ1v) is 6.54. The standard InChI is InChI=1S/C11H16N2.2C2H6/c1-5-7-10-9(6-2)12-11(13-10)8(3)4;2*1-2/h5-8H,1H2,2-4H3,(H,12,13);2*1-2H3/b9-6+,10-7+;;. The number of nitrogens with one attached hydrogen (secondary N) is 1. The van der Waals surface area contributed by atoms with E-state index in [1.165, 1.54) is 0 Å². The van der Waals surface area contributed by atoms with Crippen molar-refractivity contribution >= 4 is 12.2 Å². The maximum atomic E-state index is 4.46. The Kier molecular flexibility index (Phi) is 11.9. The van der Waals surface area contributed by atoms with Gasteiger partial charge in [-0.15, -0.1) is 0 Å². The molecule has 0 saturated heterocycles. The van der Waals surface area contributed by atoms with Crippen molar-refractivity contribution in [1.29, 1.82) is 0 Å². The summed E-state index contributed by atoms with van der Waals surface area (Å²) in [5, 5.41) is 2.05. The summed E-state index contributed by atoms with van der Waals surface area (Å²) in [4.78, 5) is 7.72. The lowest BCUT2D eigenvalue weighted by molar-refractivity contribution is 0.790. The predicted octanol–water partition coefficient (Wildman–Crippen LogP) is 3.35. The summed E-state index contributed by atoms with van der Waals surface area (Å²) in [7, 11) is 0. The zero-order valence-corrected chi connectivity index (χ0v) is 12.5. The first-order valence-electron chi connectivity index (χ1n) is 6.54. The molecule has 1 N–H and O–H groups in total. The number of imidazole rings is 1. The van der Waals surface area contributed by atoms with Gasteiger partial charge < -0.3 is 4.98 Å². The summed E-state index contributed by atoms with van der Waals surface area (Å²) in [5.41, 5.74) is 0. The summed E-state index contributed by atoms with van der Waals surface area (Å²) >= 11 is 0. The molecule has 0 fully saturated rings. The molecule has 2 heteroatoms. The minimum absolute atomic E-state index is 0.436. The average Bonchev–Trinajstić information content (AvgIpc) is 2.78. The Morgan fingerprint density at radius 2 is 1.71 bits per heavy atom. The maximum absolute atomic E-state index is 4.46. The van der Waals surface area contributed by atoms with Crippen LogP contribution in [0.15, 0.2) is 12.7 Å². The number of aromatic amines is 1. The van der Waals surface area contributed by atoms with Crippen LogP contribution in [0.2, 0.25) is 0 Å². The molecule has 17 heavy (non-hydrogen) atoms. The molecule has 0 unspecified atom stereocenters. The fraction of sp³-hybridized carbons (Fsp3) is 0.533. The summed E-state index contributed by atoms with van der Waals surface area (Å²) in [6.07, 6.45) is 5.70. The zero-order chi connectivity index (χ0) is 13.8. The Morgan fingerprint density at radius 3 is 2.06 bits per heavy atom. The van der Waals surface area contributed by atoms with E-state index >= 15 is 0 Å². The second-order valence-corrected chi connectivity index (χ2v) is 3.27. The van der Waals surface area contributed by atoms with Gasteiger partial charge in [0.25, 0.3) is 0 Å². The molecule has 0 spiro atoms. The van der Waals surface area contributed by atoms with Crippen molar-refractivity contribution in [2.24, 2.45) is 0 Å². The molecule has 0 radical (unpaired) electrons. The summed E-state index contributed by atoms with van der Waals surface area (Å²) < 4.78 is 0. The zero-order valence-electron chi connectivity index (χ0n) is 12.5. The third-order valence-corrected chi connectivity index (χ3v) is 1.88. The highest BCUT2D eigenvalue weighted by molar-refractivity contribution is 5.34. The van der Waals surface area contributed by atoms with Crippen LogP contribution in [-0.2, 0) is 0 Å². The number of H-pyrrole nitrogens is 1. The lowest BCUT2D eigenvalue weighted by atomic mass is 10.2. The van der Waals surface area contributed by atoms with E-state index in [0.717, 1.165) is 16.5 Å². The van der Waals surface area contributed by atoms with Crippen LogP contribution in [0.1, 0.15) is 60.2 Å². The van der Waals surface area contributed by atoms with Crippen molar-refractivity contribution < 1.29 is 0 Å². The van der Waals surface area contributed by atoms with Gasteiger partial charge in [0.1, 0.15) is 5.82 Å². The van der Waals surface area contributed by atoms with E-state index in [2.05, 4.69) is 30.4 Å². The van der Waals surface area contributed by atoms with Gasteiger partial charge in [-0.05, 0) is 13.0 Å². The fourth-order valence-corrected chi connectivity index (χ4v) is 1.16. The van der Waals surface area contributed by atoms with Gasteiger partial charge in [-0.3, -0.25) is 0 Å². The Bertz CT molecular complexity index is 397. The van der Waals surface area contributed by atoms with Crippen LogP contribution in [0.25, 0.3) is 12.2 Å². The van der Waals surface area contributed by atoms with Crippen LogP contribution in [0, 0.1) is 0 Å². The predicted molar refractivity (Wildman–Crippen MR) is 79.4 cm³/mol. The molecule has 0 aliphatic carbocycles. The normalized spacial score (nSPS) is 11.5. The Labute approximate surface area is 106 Å². The number of nitrogens with zero attached hydrogens (tertiary/aromatic N) is 1. The van der Waals surface area contributed by atoms with Crippen LogP contribution in [0.3, 0.4) is 0 Å². The third kappa shape index (κ3) is 6.10. The van der Waals surface area contributed by atoms with Crippen LogP contribution >= 0.6 is 0 Å². The average molecular weight is 236 g/mol. The van der Waals surface area contributed by atoms with Gasteiger partial charge in [0.15, 0.2) is 0 Å². The molecular weight excluding hydrogens is 208 g/mol. The summed E-state index contributed by atoms with van der Waals surface area (Å²) in [6.45, 7) is 17.9. The number of allylic oxidation sites excluding steroid dienone is 1. The Morgan fingerprint density at radius 1 is 1.18 bits per heavy atom. The minimum Gasteiger partial charge on any atom is -0.342 e. The van der Waals surface area contributed by atoms with Gasteiger partial charge >= 0.3 is 0 Å². The molecule has 1 aromatic rings. The molecule has 2 nitrogen and oxygen atoms in total. The second-order valence-electron chi connectivity index (χ2n) is 3.27. The van der Waals surface area contributed by atoms with E-state index in [1.807, 2.05) is 46.8 Å². The number of rotatable bonds is 2. The minimum atomic E-state index is 0.436. The van der Waals surface area contributed by atoms with E-state index in [-0.39, 0.29) is 0 Å². The van der Waals surface area contributed by atoms with Crippen LogP contribution in [0.5, 0.6) is 0 Å². The van der Waals surface area contributed by atoms with Crippen LogP contribution in [-0.4, -0.2) is 9.97 Å². The van der Waals surface area contributed by atoms with E-state index in [4.69, 9.17) is 0 Å². The molecular formula is C15H28N2. The monoisotopic (exact) mass is 236 g/mol. The molecule has 0 aliphatic heterocycles. The first-order chi connectivity index (χ1) is 8.19. The highest BCUT2D eigenvalue weighted by Crippen LogP contribution is 2.03. The molecule has 0 aliphatic rings. The molecule has 0 bridgehead atoms. The topological polar surface area (TPSA) is 28.7 Å². The van der Waals surface area contributed by atoms with E-state index in [1.54, 1.807) is 6.08 Å². The van der Waals surface area contributed by atoms with Crippen LogP contribution < -0.4 is 10.7 Å². The van der Waals surface area contributed by atoms with Crippen molar-refractivity contribution in [1.82, 2.24) is 9.97 Å². The fourth-order valence-electron chi connectivity index (χ4n) is 1.16. The first kappa shape index (κ1) is 18.1. The molecule has 0 atom stereocenters. The highest BCUT2D eigenvalue weighted by Gasteiger charge is 2.01. The smallest absolute Gasteiger partial charge is 0.109 e. The second kappa shape index (κ2) is 11.2. The largest absolute Gasteiger partial charge is 0.342 e. The lowest BCUT2D eigenvalue weighted by Crippen LogP contribution is -2.23. The molecule has 1 rings (SSSR count). The Hall–Kier alpha value is -1.31. The highest BCUT2D eigenvalue weighted by atomic mass is 14.9. The molecule has 0 aromatic carbocycles. The van der Waals surface area contributed by atoms with Crippen molar-refractivity contribution in [3.05, 3.63) is 29.2 Å². The lowest BCUT2D eigenvalue weighted by Gasteiger charge is -1.95. The van der Waals surface area contributed by atoms with Crippen LogP contribution in [0.4, 0.5) is 0 Å². The van der Waals surface area contributed by atoms with Gasteiger partial charge in [-0.1, -0.05) is 60.3 Å². The SMILES string of the molecule is C=C/C=c1/[nH]c(C(C)C)n/c1=C/C.CC.CC. The van der Waals surface area contributed by atoms with E-state index in [9.17, 15) is 0 Å². The maximum Gasteiger partial charge on any atom is 0.109 e. The molecule has 0 saturated carbocycles. The molecule has 0 amide bonds. The van der Waals surface area contributed by atoms with E-state index < -0.39 is 0 Å². The summed E-state index contributed by atoms with van der Waals surface area (Å²) in [5.74, 6) is 1.46. The van der Waals surface area contributed by atoms with Crippen molar-refractivity contribution in [3.63, 3.8) is 0 Å². The summed E-state index contributed by atoms with van der Waals surface area (Å²) in [6, 6.07) is 0. The Balaban J connectivity index is 0. The van der Waals surface area contributed by atoms with Gasteiger partial charge in [-0.2, -0.15) is 0 Å². The van der Waals surface area contributed by atoms with Gasteiger partial charge in [0.05, 0.1) is 10.7 Å². The molecule has 1 aromatic heterocycles. The van der Waals surface area contributed by atoms with Gasteiger partial charge in [0.2, 0.25) is 0 Å². The number of aromatic nitrogens is 2. The van der Waals surface area contributed by atoms with E-state index in [0.29, 0.717) is 5.92 Å².